The van der Waals surface area contributed by atoms with Crippen LogP contribution in [0.15, 0.2) is 24.3 Å². The second-order valence-corrected chi connectivity index (χ2v) is 8.44. The van der Waals surface area contributed by atoms with Gasteiger partial charge in [0.2, 0.25) is 0 Å². The molecule has 2 aliphatic carbocycles. The van der Waals surface area contributed by atoms with Crippen LogP contribution in [0.4, 0.5) is 0 Å². The minimum Gasteiger partial charge on any atom is -0.494 e. The second-order valence-electron chi connectivity index (χ2n) is 8.44. The first kappa shape index (κ1) is 19.3. The van der Waals surface area contributed by atoms with E-state index >= 15 is 0 Å². The molecule has 3 rings (SSSR count). The van der Waals surface area contributed by atoms with E-state index in [0.717, 1.165) is 42.1 Å². The summed E-state index contributed by atoms with van der Waals surface area (Å²) in [5.74, 6) is 11.5. The van der Waals surface area contributed by atoms with Crippen molar-refractivity contribution in [1.82, 2.24) is 0 Å². The fourth-order valence-corrected chi connectivity index (χ4v) is 4.84. The monoisotopic (exact) mass is 352 g/mol. The molecule has 2 fully saturated rings. The van der Waals surface area contributed by atoms with Crippen molar-refractivity contribution < 1.29 is 4.74 Å². The molecule has 0 N–H and O–H groups in total. The molecule has 1 aromatic rings. The summed E-state index contributed by atoms with van der Waals surface area (Å²) in [6, 6.07) is 8.28. The molecule has 142 valence electrons. The largest absolute Gasteiger partial charge is 0.494 e. The highest BCUT2D eigenvalue weighted by atomic mass is 16.5. The summed E-state index contributed by atoms with van der Waals surface area (Å²) < 4.78 is 5.64. The van der Waals surface area contributed by atoms with Crippen LogP contribution >= 0.6 is 0 Å². The van der Waals surface area contributed by atoms with Crippen molar-refractivity contribution in [3.8, 4) is 17.6 Å². The van der Waals surface area contributed by atoms with Gasteiger partial charge in [0, 0.05) is 11.5 Å². The Bertz CT molecular complexity index is 575. The van der Waals surface area contributed by atoms with Gasteiger partial charge >= 0.3 is 0 Å². The summed E-state index contributed by atoms with van der Waals surface area (Å²) in [5, 5.41) is 0. The van der Waals surface area contributed by atoms with Gasteiger partial charge in [-0.25, -0.2) is 0 Å². The summed E-state index contributed by atoms with van der Waals surface area (Å²) in [7, 11) is 0. The molecule has 0 saturated heterocycles. The number of hydrogen-bond acceptors (Lipinski definition) is 1. The van der Waals surface area contributed by atoms with E-state index in [9.17, 15) is 0 Å². The van der Waals surface area contributed by atoms with Crippen molar-refractivity contribution in [2.75, 3.05) is 6.61 Å². The second kappa shape index (κ2) is 10.1. The molecule has 2 aliphatic rings. The van der Waals surface area contributed by atoms with Crippen molar-refractivity contribution in [2.45, 2.75) is 78.1 Å². The zero-order valence-corrected chi connectivity index (χ0v) is 16.8. The molecule has 1 heteroatoms. The maximum atomic E-state index is 5.64. The first-order chi connectivity index (χ1) is 12.8. The first-order valence-corrected chi connectivity index (χ1v) is 11.0. The van der Waals surface area contributed by atoms with E-state index in [-0.39, 0.29) is 0 Å². The minimum absolute atomic E-state index is 0.606. The van der Waals surface area contributed by atoms with Crippen LogP contribution in [0.1, 0.15) is 83.6 Å². The van der Waals surface area contributed by atoms with Crippen molar-refractivity contribution in [3.05, 3.63) is 29.8 Å². The predicted molar refractivity (Wildman–Crippen MR) is 110 cm³/mol. The highest BCUT2D eigenvalue weighted by Crippen LogP contribution is 2.41. The molecule has 1 aromatic carbocycles. The van der Waals surface area contributed by atoms with Crippen LogP contribution in [0.3, 0.4) is 0 Å². The molecule has 0 heterocycles. The molecular weight excluding hydrogens is 316 g/mol. The van der Waals surface area contributed by atoms with Crippen LogP contribution in [-0.4, -0.2) is 6.61 Å². The van der Waals surface area contributed by atoms with E-state index in [1.165, 1.54) is 57.8 Å². The lowest BCUT2D eigenvalue weighted by atomic mass is 9.69. The summed E-state index contributed by atoms with van der Waals surface area (Å²) in [6.07, 6.45) is 13.8. The lowest BCUT2D eigenvalue weighted by molar-refractivity contribution is 0.156. The van der Waals surface area contributed by atoms with E-state index in [1.807, 2.05) is 12.1 Å². The van der Waals surface area contributed by atoms with E-state index in [2.05, 4.69) is 37.8 Å². The number of hydrogen-bond donors (Lipinski definition) is 0. The third-order valence-electron chi connectivity index (χ3n) is 6.66. The smallest absolute Gasteiger partial charge is 0.119 e. The van der Waals surface area contributed by atoms with Gasteiger partial charge in [-0.05, 0) is 87.0 Å². The molecule has 0 amide bonds. The third-order valence-corrected chi connectivity index (χ3v) is 6.66. The lowest BCUT2D eigenvalue weighted by Gasteiger charge is -2.36. The Morgan fingerprint density at radius 1 is 0.846 bits per heavy atom. The van der Waals surface area contributed by atoms with Crippen LogP contribution in [0, 0.1) is 35.5 Å². The Morgan fingerprint density at radius 3 is 2.04 bits per heavy atom. The fraction of sp³-hybridized carbons (Fsp3) is 0.680. The fourth-order valence-electron chi connectivity index (χ4n) is 4.84. The van der Waals surface area contributed by atoms with Crippen molar-refractivity contribution in [3.63, 3.8) is 0 Å². The molecular formula is C25H36O. The molecule has 0 aromatic heterocycles. The topological polar surface area (TPSA) is 9.23 Å². The Morgan fingerprint density at radius 2 is 1.46 bits per heavy atom. The van der Waals surface area contributed by atoms with E-state index < -0.39 is 0 Å². The first-order valence-electron chi connectivity index (χ1n) is 11.0. The van der Waals surface area contributed by atoms with Gasteiger partial charge in [-0.2, -0.15) is 0 Å². The summed E-state index contributed by atoms with van der Waals surface area (Å²) in [6.45, 7) is 5.28. The van der Waals surface area contributed by atoms with Gasteiger partial charge in [0.25, 0.3) is 0 Å². The zero-order valence-electron chi connectivity index (χ0n) is 16.8. The van der Waals surface area contributed by atoms with Crippen LogP contribution in [0.25, 0.3) is 0 Å². The van der Waals surface area contributed by atoms with Crippen LogP contribution < -0.4 is 4.74 Å². The van der Waals surface area contributed by atoms with Gasteiger partial charge in [0.1, 0.15) is 5.75 Å². The Labute approximate surface area is 160 Å². The maximum absolute atomic E-state index is 5.64. The van der Waals surface area contributed by atoms with Crippen molar-refractivity contribution >= 4 is 0 Å². The minimum atomic E-state index is 0.606. The summed E-state index contributed by atoms with van der Waals surface area (Å²) >= 11 is 0. The van der Waals surface area contributed by atoms with Gasteiger partial charge in [-0.1, -0.05) is 45.0 Å². The quantitative estimate of drug-likeness (QED) is 0.527. The molecule has 2 saturated carbocycles. The maximum Gasteiger partial charge on any atom is 0.119 e. The van der Waals surface area contributed by atoms with Crippen LogP contribution in [0.5, 0.6) is 5.75 Å². The van der Waals surface area contributed by atoms with Gasteiger partial charge < -0.3 is 4.74 Å². The van der Waals surface area contributed by atoms with Gasteiger partial charge in [-0.3, -0.25) is 0 Å². The molecule has 0 spiro atoms. The number of rotatable bonds is 5. The molecule has 0 radical (unpaired) electrons. The molecule has 0 unspecified atom stereocenters. The predicted octanol–water partition coefficient (Wildman–Crippen LogP) is 6.85. The third kappa shape index (κ3) is 5.54. The highest BCUT2D eigenvalue weighted by molar-refractivity contribution is 5.38. The van der Waals surface area contributed by atoms with E-state index in [4.69, 9.17) is 4.74 Å². The van der Waals surface area contributed by atoms with Crippen LogP contribution in [0.2, 0.25) is 0 Å². The average Bonchev–Trinajstić information content (AvgIpc) is 2.72. The Balaban J connectivity index is 1.44. The summed E-state index contributed by atoms with van der Waals surface area (Å²) in [5.41, 5.74) is 1.12. The van der Waals surface area contributed by atoms with Crippen molar-refractivity contribution in [2.24, 2.45) is 23.7 Å². The number of ether oxygens (including phenoxy) is 1. The zero-order chi connectivity index (χ0) is 18.2. The van der Waals surface area contributed by atoms with E-state index in [1.54, 1.807) is 0 Å². The standard InChI is InChI=1S/C25H36O/c1-3-19-26-25-17-11-22(12-18-25)6-5-21-9-15-24(16-10-21)23-13-7-20(4-2)8-14-23/h11-12,17-18,20-21,23-24H,3-4,7-10,13-16,19H2,1-2H3/t20-,21-,23-,24-. The molecule has 26 heavy (non-hydrogen) atoms. The summed E-state index contributed by atoms with van der Waals surface area (Å²) in [4.78, 5) is 0. The molecule has 0 atom stereocenters. The Kier molecular flexibility index (Phi) is 7.48. The number of benzene rings is 1. The highest BCUT2D eigenvalue weighted by Gasteiger charge is 2.29. The molecule has 0 bridgehead atoms. The van der Waals surface area contributed by atoms with Gasteiger partial charge in [-0.15, -0.1) is 0 Å². The molecule has 1 nitrogen and oxygen atoms in total. The molecule has 0 aliphatic heterocycles. The average molecular weight is 353 g/mol. The van der Waals surface area contributed by atoms with Crippen molar-refractivity contribution in [1.29, 1.82) is 0 Å². The SMILES string of the molecule is CCCOc1ccc(C#C[C@H]2CC[C@H]([C@H]3CC[C@H](CC)CC3)CC2)cc1. The lowest BCUT2D eigenvalue weighted by Crippen LogP contribution is -2.25. The normalized spacial score (nSPS) is 28.8. The van der Waals surface area contributed by atoms with Gasteiger partial charge in [0.05, 0.1) is 6.61 Å². The van der Waals surface area contributed by atoms with Gasteiger partial charge in [0.15, 0.2) is 0 Å². The van der Waals surface area contributed by atoms with Crippen LogP contribution in [-0.2, 0) is 0 Å². The van der Waals surface area contributed by atoms with E-state index in [0.29, 0.717) is 5.92 Å². The Hall–Kier alpha value is -1.42.